The van der Waals surface area contributed by atoms with E-state index in [4.69, 9.17) is 5.73 Å². The highest BCUT2D eigenvalue weighted by atomic mass is 32.2. The third-order valence-corrected chi connectivity index (χ3v) is 2.45. The maximum Gasteiger partial charge on any atom is 0.181 e. The molecule has 0 unspecified atom stereocenters. The molecule has 0 aliphatic carbocycles. The van der Waals surface area contributed by atoms with Gasteiger partial charge in [0.05, 0.1) is 5.71 Å². The van der Waals surface area contributed by atoms with Crippen molar-refractivity contribution in [2.75, 3.05) is 25.6 Å². The number of nitrogens with zero attached hydrogens (tertiary/aromatic N) is 1. The molecule has 0 saturated heterocycles. The van der Waals surface area contributed by atoms with Gasteiger partial charge in [0, 0.05) is 25.3 Å². The second-order valence-corrected chi connectivity index (χ2v) is 3.51. The van der Waals surface area contributed by atoms with Crippen molar-refractivity contribution >= 4 is 23.3 Å². The monoisotopic (exact) mass is 188 g/mol. The van der Waals surface area contributed by atoms with Gasteiger partial charge in [0.1, 0.15) is 0 Å². The molecule has 0 radical (unpaired) electrons. The minimum Gasteiger partial charge on any atom is -0.325 e. The van der Waals surface area contributed by atoms with Gasteiger partial charge < -0.3 is 5.73 Å². The topological polar surface area (TPSA) is 55.4 Å². The molecule has 0 aromatic heterocycles. The third kappa shape index (κ3) is 3.36. The fourth-order valence-electron chi connectivity index (χ4n) is 0.912. The Morgan fingerprint density at radius 3 is 2.58 bits per heavy atom. The maximum atomic E-state index is 11.5. The zero-order valence-corrected chi connectivity index (χ0v) is 8.65. The van der Waals surface area contributed by atoms with Crippen molar-refractivity contribution in [1.29, 1.82) is 0 Å². The molecular formula is C8H16N2OS. The summed E-state index contributed by atoms with van der Waals surface area (Å²) in [5.41, 5.74) is 5.86. The molecule has 1 atom stereocenters. The van der Waals surface area contributed by atoms with Crippen LogP contribution in [-0.2, 0) is 4.79 Å². The molecule has 4 heteroatoms. The van der Waals surface area contributed by atoms with Gasteiger partial charge in [-0.1, -0.05) is 6.92 Å². The number of aliphatic imine (C=N–C) groups is 1. The van der Waals surface area contributed by atoms with E-state index in [2.05, 4.69) is 4.99 Å². The molecular weight excluding hydrogens is 172 g/mol. The lowest BCUT2D eigenvalue weighted by Crippen LogP contribution is -2.29. The SMILES string of the molecule is CN=C(CN)C(=O)[C@H](C)CSC. The van der Waals surface area contributed by atoms with E-state index in [1.807, 2.05) is 13.2 Å². The van der Waals surface area contributed by atoms with Gasteiger partial charge in [0.25, 0.3) is 0 Å². The fraction of sp³-hybridized carbons (Fsp3) is 0.750. The Hall–Kier alpha value is -0.350. The number of carbonyl (C=O) groups excluding carboxylic acids is 1. The highest BCUT2D eigenvalue weighted by molar-refractivity contribution is 7.98. The first-order valence-corrected chi connectivity index (χ1v) is 5.25. The summed E-state index contributed by atoms with van der Waals surface area (Å²) in [5, 5.41) is 0. The highest BCUT2D eigenvalue weighted by Gasteiger charge is 2.16. The Labute approximate surface area is 77.8 Å². The lowest BCUT2D eigenvalue weighted by molar-refractivity contribution is -0.115. The second kappa shape index (κ2) is 6.20. The fourth-order valence-corrected chi connectivity index (χ4v) is 1.56. The Morgan fingerprint density at radius 1 is 1.67 bits per heavy atom. The summed E-state index contributed by atoms with van der Waals surface area (Å²) in [6.45, 7) is 2.15. The summed E-state index contributed by atoms with van der Waals surface area (Å²) in [7, 11) is 1.60. The van der Waals surface area contributed by atoms with E-state index in [1.165, 1.54) is 0 Å². The summed E-state index contributed by atoms with van der Waals surface area (Å²) < 4.78 is 0. The molecule has 0 rings (SSSR count). The molecule has 70 valence electrons. The molecule has 0 aromatic rings. The number of rotatable bonds is 5. The molecule has 0 bridgehead atoms. The molecule has 0 aromatic carbocycles. The van der Waals surface area contributed by atoms with Gasteiger partial charge in [-0.25, -0.2) is 0 Å². The minimum absolute atomic E-state index is 0.0299. The number of ketones is 1. The van der Waals surface area contributed by atoms with Gasteiger partial charge in [0.2, 0.25) is 0 Å². The molecule has 0 heterocycles. The van der Waals surface area contributed by atoms with Gasteiger partial charge in [-0.3, -0.25) is 9.79 Å². The van der Waals surface area contributed by atoms with Crippen LogP contribution in [0.2, 0.25) is 0 Å². The highest BCUT2D eigenvalue weighted by Crippen LogP contribution is 2.06. The van der Waals surface area contributed by atoms with Gasteiger partial charge >= 0.3 is 0 Å². The van der Waals surface area contributed by atoms with Gasteiger partial charge in [-0.15, -0.1) is 0 Å². The van der Waals surface area contributed by atoms with Crippen molar-refractivity contribution < 1.29 is 4.79 Å². The second-order valence-electron chi connectivity index (χ2n) is 2.60. The van der Waals surface area contributed by atoms with E-state index in [9.17, 15) is 4.79 Å². The summed E-state index contributed by atoms with van der Waals surface area (Å²) in [6.07, 6.45) is 1.98. The van der Waals surface area contributed by atoms with Crippen molar-refractivity contribution in [3.63, 3.8) is 0 Å². The van der Waals surface area contributed by atoms with Crippen LogP contribution in [0.3, 0.4) is 0 Å². The lowest BCUT2D eigenvalue weighted by atomic mass is 10.0. The molecule has 0 aliphatic heterocycles. The van der Waals surface area contributed by atoms with Crippen LogP contribution in [-0.4, -0.2) is 37.1 Å². The predicted octanol–water partition coefficient (Wildman–Crippen LogP) is 0.584. The first kappa shape index (κ1) is 11.6. The van der Waals surface area contributed by atoms with Crippen LogP contribution in [0.1, 0.15) is 6.92 Å². The first-order chi connectivity index (χ1) is 5.67. The Morgan fingerprint density at radius 2 is 2.25 bits per heavy atom. The quantitative estimate of drug-likeness (QED) is 0.642. The average Bonchev–Trinajstić information content (AvgIpc) is 2.07. The smallest absolute Gasteiger partial charge is 0.181 e. The number of Topliss-reactive ketones (excluding diaryl/α,β-unsaturated/α-hetero) is 1. The summed E-state index contributed by atoms with van der Waals surface area (Å²) in [6, 6.07) is 0. The van der Waals surface area contributed by atoms with E-state index in [0.717, 1.165) is 5.75 Å². The van der Waals surface area contributed by atoms with Crippen LogP contribution < -0.4 is 5.73 Å². The summed E-state index contributed by atoms with van der Waals surface area (Å²) >= 11 is 1.66. The van der Waals surface area contributed by atoms with Crippen molar-refractivity contribution in [2.24, 2.45) is 16.6 Å². The molecule has 0 aliphatic rings. The van der Waals surface area contributed by atoms with Crippen LogP contribution in [0.15, 0.2) is 4.99 Å². The number of carbonyl (C=O) groups is 1. The third-order valence-electron chi connectivity index (χ3n) is 1.61. The zero-order chi connectivity index (χ0) is 9.56. The van der Waals surface area contributed by atoms with E-state index in [0.29, 0.717) is 5.71 Å². The van der Waals surface area contributed by atoms with Crippen molar-refractivity contribution in [3.05, 3.63) is 0 Å². The minimum atomic E-state index is 0.0299. The van der Waals surface area contributed by atoms with Crippen LogP contribution in [0.5, 0.6) is 0 Å². The van der Waals surface area contributed by atoms with Gasteiger partial charge in [0.15, 0.2) is 5.78 Å². The van der Waals surface area contributed by atoms with Crippen LogP contribution >= 0.6 is 11.8 Å². The molecule has 2 N–H and O–H groups in total. The van der Waals surface area contributed by atoms with Gasteiger partial charge in [-0.05, 0) is 6.26 Å². The zero-order valence-electron chi connectivity index (χ0n) is 7.83. The van der Waals surface area contributed by atoms with E-state index in [1.54, 1.807) is 18.8 Å². The molecule has 3 nitrogen and oxygen atoms in total. The van der Waals surface area contributed by atoms with Crippen LogP contribution in [0, 0.1) is 5.92 Å². The van der Waals surface area contributed by atoms with Crippen LogP contribution in [0.4, 0.5) is 0 Å². The largest absolute Gasteiger partial charge is 0.325 e. The molecule has 0 amide bonds. The van der Waals surface area contributed by atoms with Crippen molar-refractivity contribution in [2.45, 2.75) is 6.92 Å². The normalized spacial score (nSPS) is 14.5. The average molecular weight is 188 g/mol. The molecule has 0 spiro atoms. The van der Waals surface area contributed by atoms with Crippen molar-refractivity contribution in [1.82, 2.24) is 0 Å². The number of nitrogens with two attached hydrogens (primary N) is 1. The van der Waals surface area contributed by atoms with E-state index >= 15 is 0 Å². The predicted molar refractivity (Wildman–Crippen MR) is 55.0 cm³/mol. The standard InChI is InChI=1S/C8H16N2OS/c1-6(5-12-3)8(11)7(4-9)10-2/h6H,4-5,9H2,1-3H3/t6-/m1/s1. The Balaban J connectivity index is 4.17. The van der Waals surface area contributed by atoms with E-state index < -0.39 is 0 Å². The Bertz CT molecular complexity index is 180. The lowest BCUT2D eigenvalue weighted by Gasteiger charge is -2.08. The number of hydrogen-bond acceptors (Lipinski definition) is 4. The number of hydrogen-bond donors (Lipinski definition) is 1. The maximum absolute atomic E-state index is 11.5. The molecule has 0 saturated carbocycles. The summed E-state index contributed by atoms with van der Waals surface area (Å²) in [5.74, 6) is 0.939. The number of thioether (sulfide) groups is 1. The van der Waals surface area contributed by atoms with E-state index in [-0.39, 0.29) is 18.2 Å². The van der Waals surface area contributed by atoms with Crippen molar-refractivity contribution in [3.8, 4) is 0 Å². The van der Waals surface area contributed by atoms with Crippen LogP contribution in [0.25, 0.3) is 0 Å². The summed E-state index contributed by atoms with van der Waals surface area (Å²) in [4.78, 5) is 15.3. The molecule has 0 fully saturated rings. The first-order valence-electron chi connectivity index (χ1n) is 3.86. The molecule has 12 heavy (non-hydrogen) atoms. The Kier molecular flexibility index (Phi) is 6.02. The van der Waals surface area contributed by atoms with Gasteiger partial charge in [-0.2, -0.15) is 11.8 Å².